The topological polar surface area (TPSA) is 167 Å². The Labute approximate surface area is 260 Å². The number of nitrogens with one attached hydrogen (secondary N) is 1. The van der Waals surface area contributed by atoms with Crippen LogP contribution in [-0.2, 0) is 14.3 Å². The quantitative estimate of drug-likeness (QED) is 0.0801. The van der Waals surface area contributed by atoms with E-state index in [0.29, 0.717) is 23.7 Å². The Balaban J connectivity index is 1.44. The zero-order valence-corrected chi connectivity index (χ0v) is 25.0. The van der Waals surface area contributed by atoms with E-state index in [1.54, 1.807) is 6.07 Å². The van der Waals surface area contributed by atoms with Gasteiger partial charge >= 0.3 is 11.7 Å². The third-order valence-electron chi connectivity index (χ3n) is 6.02. The number of ether oxygens (including phenoxy) is 3. The molecular formula is C29H25ClN4O9S. The highest BCUT2D eigenvalue weighted by molar-refractivity contribution is 8.18. The van der Waals surface area contributed by atoms with E-state index in [1.165, 1.54) is 61.8 Å². The third kappa shape index (κ3) is 7.71. The van der Waals surface area contributed by atoms with Crippen LogP contribution < -0.4 is 14.8 Å². The second-order valence-electron chi connectivity index (χ2n) is 9.10. The van der Waals surface area contributed by atoms with Crippen molar-refractivity contribution in [3.63, 3.8) is 0 Å². The van der Waals surface area contributed by atoms with Crippen LogP contribution >= 0.6 is 23.4 Å². The molecule has 0 saturated carbocycles. The van der Waals surface area contributed by atoms with Crippen molar-refractivity contribution in [3.05, 3.63) is 85.9 Å². The molecule has 1 N–H and O–H groups in total. The molecule has 1 saturated heterocycles. The number of unbranched alkanes of at least 4 members (excludes halogenated alkanes) is 1. The summed E-state index contributed by atoms with van der Waals surface area (Å²) >= 11 is 6.77. The molecule has 0 aliphatic carbocycles. The Morgan fingerprint density at radius 1 is 1.16 bits per heavy atom. The number of thioether (sulfide) groups is 1. The smallest absolute Gasteiger partial charge is 0.339 e. The van der Waals surface area contributed by atoms with E-state index in [9.17, 15) is 29.3 Å². The van der Waals surface area contributed by atoms with Crippen LogP contribution in [0.1, 0.15) is 35.7 Å². The largest absolute Gasteiger partial charge is 0.493 e. The normalized spacial score (nSPS) is 13.6. The molecule has 13 nitrogen and oxygen atoms in total. The standard InChI is InChI=1S/C29H25ClN4O9S/c1-3-4-12-42-28(37)19-15-18(8-9-20(19)30)32-25(35)16-33-27(36)24(44-29(33)38)14-17-7-10-22(23(13-17)41-2)43-26-21(34(39)40)6-5-11-31-26/h5-11,13-15H,3-4,12,16H2,1-2H3,(H,32,35)/b24-14-. The molecule has 3 aromatic rings. The Morgan fingerprint density at radius 2 is 1.95 bits per heavy atom. The van der Waals surface area contributed by atoms with Crippen molar-refractivity contribution in [3.8, 4) is 17.4 Å². The second kappa shape index (κ2) is 14.5. The number of hydrogen-bond donors (Lipinski definition) is 1. The number of rotatable bonds is 12. The molecule has 1 fully saturated rings. The molecule has 44 heavy (non-hydrogen) atoms. The Bertz CT molecular complexity index is 1660. The highest BCUT2D eigenvalue weighted by atomic mass is 35.5. The highest BCUT2D eigenvalue weighted by Gasteiger charge is 2.36. The van der Waals surface area contributed by atoms with E-state index in [1.807, 2.05) is 6.92 Å². The molecule has 0 unspecified atom stereocenters. The van der Waals surface area contributed by atoms with E-state index >= 15 is 0 Å². The van der Waals surface area contributed by atoms with Crippen molar-refractivity contribution < 1.29 is 38.3 Å². The second-order valence-corrected chi connectivity index (χ2v) is 10.5. The molecule has 4 rings (SSSR count). The summed E-state index contributed by atoms with van der Waals surface area (Å²) in [7, 11) is 1.37. The summed E-state index contributed by atoms with van der Waals surface area (Å²) in [6, 6.07) is 11.5. The lowest BCUT2D eigenvalue weighted by molar-refractivity contribution is -0.386. The molecule has 0 spiro atoms. The maximum absolute atomic E-state index is 13.0. The number of imide groups is 1. The van der Waals surface area contributed by atoms with Gasteiger partial charge in [0, 0.05) is 18.0 Å². The van der Waals surface area contributed by atoms with Gasteiger partial charge in [-0.3, -0.25) is 29.4 Å². The van der Waals surface area contributed by atoms with Gasteiger partial charge in [0.05, 0.1) is 34.1 Å². The number of methoxy groups -OCH3 is 1. The number of aromatic nitrogens is 1. The van der Waals surface area contributed by atoms with Crippen LogP contribution in [0.25, 0.3) is 6.08 Å². The summed E-state index contributed by atoms with van der Waals surface area (Å²) in [6.07, 6.45) is 4.32. The van der Waals surface area contributed by atoms with E-state index in [2.05, 4.69) is 10.3 Å². The van der Waals surface area contributed by atoms with Crippen LogP contribution in [0.2, 0.25) is 5.02 Å². The molecule has 15 heteroatoms. The average Bonchev–Trinajstić information content (AvgIpc) is 3.26. The Morgan fingerprint density at radius 3 is 2.68 bits per heavy atom. The van der Waals surface area contributed by atoms with Gasteiger partial charge in [-0.05, 0) is 66.2 Å². The molecule has 0 bridgehead atoms. The van der Waals surface area contributed by atoms with Crippen LogP contribution in [0.3, 0.4) is 0 Å². The summed E-state index contributed by atoms with van der Waals surface area (Å²) in [6.45, 7) is 1.62. The third-order valence-corrected chi connectivity index (χ3v) is 7.25. The lowest BCUT2D eigenvalue weighted by Gasteiger charge is -2.13. The molecule has 1 aliphatic heterocycles. The SMILES string of the molecule is CCCCOC(=O)c1cc(NC(=O)CN2C(=O)S/C(=C\c3ccc(Oc4ncccc4[N+](=O)[O-])c(OC)c3)C2=O)ccc1Cl. The maximum Gasteiger partial charge on any atom is 0.339 e. The zero-order valence-electron chi connectivity index (χ0n) is 23.4. The fourth-order valence-corrected chi connectivity index (χ4v) is 4.87. The summed E-state index contributed by atoms with van der Waals surface area (Å²) in [5.41, 5.74) is 0.423. The van der Waals surface area contributed by atoms with E-state index in [4.69, 9.17) is 25.8 Å². The van der Waals surface area contributed by atoms with Crippen LogP contribution in [0.5, 0.6) is 17.4 Å². The first-order chi connectivity index (χ1) is 21.1. The van der Waals surface area contributed by atoms with Gasteiger partial charge in [0.1, 0.15) is 6.54 Å². The van der Waals surface area contributed by atoms with Gasteiger partial charge in [0.15, 0.2) is 11.5 Å². The van der Waals surface area contributed by atoms with Crippen LogP contribution in [-0.4, -0.2) is 58.1 Å². The van der Waals surface area contributed by atoms with Crippen molar-refractivity contribution in [2.45, 2.75) is 19.8 Å². The number of amides is 3. The maximum atomic E-state index is 13.0. The molecule has 228 valence electrons. The van der Waals surface area contributed by atoms with Crippen LogP contribution in [0.4, 0.5) is 16.2 Å². The van der Waals surface area contributed by atoms with Gasteiger partial charge < -0.3 is 19.5 Å². The number of carbonyl (C=O) groups is 4. The Hall–Kier alpha value is -4.95. The first-order valence-corrected chi connectivity index (χ1v) is 14.3. The van der Waals surface area contributed by atoms with Gasteiger partial charge in [0.2, 0.25) is 5.91 Å². The number of nitrogens with zero attached hydrogens (tertiary/aromatic N) is 3. The summed E-state index contributed by atoms with van der Waals surface area (Å²) < 4.78 is 16.1. The first kappa shape index (κ1) is 32.0. The van der Waals surface area contributed by atoms with Crippen molar-refractivity contribution >= 4 is 63.8 Å². The number of esters is 1. The average molecular weight is 641 g/mol. The number of halogens is 1. The lowest BCUT2D eigenvalue weighted by Crippen LogP contribution is -2.36. The van der Waals surface area contributed by atoms with E-state index < -0.39 is 34.5 Å². The number of anilines is 1. The number of hydrogen-bond acceptors (Lipinski definition) is 11. The number of nitro groups is 1. The summed E-state index contributed by atoms with van der Waals surface area (Å²) in [4.78, 5) is 66.1. The fourth-order valence-electron chi connectivity index (χ4n) is 3.84. The van der Waals surface area contributed by atoms with Crippen molar-refractivity contribution in [2.75, 3.05) is 25.6 Å². The van der Waals surface area contributed by atoms with Crippen molar-refractivity contribution in [1.29, 1.82) is 0 Å². The van der Waals surface area contributed by atoms with E-state index in [-0.39, 0.29) is 50.9 Å². The highest BCUT2D eigenvalue weighted by Crippen LogP contribution is 2.37. The first-order valence-electron chi connectivity index (χ1n) is 13.1. The van der Waals surface area contributed by atoms with Gasteiger partial charge in [-0.25, -0.2) is 9.78 Å². The van der Waals surface area contributed by atoms with E-state index in [0.717, 1.165) is 11.3 Å². The molecule has 0 radical (unpaired) electrons. The monoisotopic (exact) mass is 640 g/mol. The molecule has 2 aromatic carbocycles. The van der Waals surface area contributed by atoms with Crippen LogP contribution in [0, 0.1) is 10.1 Å². The lowest BCUT2D eigenvalue weighted by atomic mass is 10.2. The fraction of sp³-hybridized carbons (Fsp3) is 0.207. The predicted octanol–water partition coefficient (Wildman–Crippen LogP) is 6.08. The zero-order chi connectivity index (χ0) is 31.8. The van der Waals surface area contributed by atoms with Gasteiger partial charge in [-0.2, -0.15) is 0 Å². The predicted molar refractivity (Wildman–Crippen MR) is 162 cm³/mol. The molecule has 2 heterocycles. The molecule has 3 amide bonds. The van der Waals surface area contributed by atoms with Gasteiger partial charge in [0.25, 0.3) is 17.0 Å². The molecule has 0 atom stereocenters. The molecule has 1 aromatic heterocycles. The Kier molecular flexibility index (Phi) is 10.5. The molecular weight excluding hydrogens is 616 g/mol. The van der Waals surface area contributed by atoms with Crippen molar-refractivity contribution in [2.24, 2.45) is 0 Å². The molecule has 1 aliphatic rings. The summed E-state index contributed by atoms with van der Waals surface area (Å²) in [5, 5.41) is 13.3. The minimum absolute atomic E-state index is 0.0579. The minimum atomic E-state index is -0.685. The summed E-state index contributed by atoms with van der Waals surface area (Å²) in [5.74, 6) is -1.90. The number of benzene rings is 2. The number of carbonyl (C=O) groups excluding carboxylic acids is 4. The number of pyridine rings is 1. The van der Waals surface area contributed by atoms with Crippen LogP contribution in [0.15, 0.2) is 59.6 Å². The van der Waals surface area contributed by atoms with Gasteiger partial charge in [-0.15, -0.1) is 0 Å². The van der Waals surface area contributed by atoms with Gasteiger partial charge in [-0.1, -0.05) is 31.0 Å². The van der Waals surface area contributed by atoms with Crippen molar-refractivity contribution in [1.82, 2.24) is 9.88 Å². The minimum Gasteiger partial charge on any atom is -0.493 e.